The van der Waals surface area contributed by atoms with Gasteiger partial charge in [-0.1, -0.05) is 124 Å². The van der Waals surface area contributed by atoms with E-state index in [2.05, 4.69) is 26.0 Å². The number of fused-ring (bicyclic) bond motifs is 2. The first-order valence-electron chi connectivity index (χ1n) is 17.3. The molecule has 4 nitrogen and oxygen atoms in total. The maximum atomic E-state index is 12.7. The second kappa shape index (κ2) is 32.3. The third kappa shape index (κ3) is 15.8. The zero-order valence-electron chi connectivity index (χ0n) is 28.8. The molecule has 0 aliphatic heterocycles. The van der Waals surface area contributed by atoms with Crippen LogP contribution in [0.4, 0.5) is 0 Å². The molecule has 46 heavy (non-hydrogen) atoms. The maximum absolute atomic E-state index is 12.7. The van der Waals surface area contributed by atoms with Crippen LogP contribution >= 0.6 is 0 Å². The number of carbonyl (C=O) groups excluding carboxylic acids is 2. The molecule has 2 aromatic rings. The molecule has 0 saturated carbocycles. The average molecular weight is 647 g/mol. The molecule has 0 N–H and O–H groups in total. The van der Waals surface area contributed by atoms with Gasteiger partial charge in [0.15, 0.2) is 0 Å². The largest absolute Gasteiger partial charge is 0.426 e. The number of aryl methyl sites for hydroxylation is 2. The standard InChI is InChI=1S/C30H38O4.4C2H6.4CH4/c1-3-5-15-27(31)33-25-19-17-21-11-7-9-13-23(21)29(25)30-24-14-10-8-12-22(24)18-20-26(30)34-28(32)16-6-4-2;4*1-2;;;;/h17-20H,3-16H2,1-2H3;4*1-2H3;4*1H4. The van der Waals surface area contributed by atoms with Gasteiger partial charge in [0.1, 0.15) is 11.5 Å². The van der Waals surface area contributed by atoms with E-state index in [1.807, 2.05) is 67.5 Å². The smallest absolute Gasteiger partial charge is 0.311 e. The van der Waals surface area contributed by atoms with Crippen molar-refractivity contribution in [1.29, 1.82) is 0 Å². The summed E-state index contributed by atoms with van der Waals surface area (Å²) in [4.78, 5) is 25.4. The zero-order chi connectivity index (χ0) is 31.9. The van der Waals surface area contributed by atoms with Crippen LogP contribution in [0.3, 0.4) is 0 Å². The van der Waals surface area contributed by atoms with Gasteiger partial charge >= 0.3 is 11.9 Å². The molecule has 0 saturated heterocycles. The van der Waals surface area contributed by atoms with Crippen LogP contribution in [0, 0.1) is 0 Å². The third-order valence-corrected chi connectivity index (χ3v) is 7.16. The Balaban J connectivity index is -0.000000434. The molecule has 0 bridgehead atoms. The second-order valence-corrected chi connectivity index (χ2v) is 9.72. The molecule has 2 aliphatic rings. The van der Waals surface area contributed by atoms with Crippen LogP contribution in [0.15, 0.2) is 24.3 Å². The third-order valence-electron chi connectivity index (χ3n) is 7.16. The molecule has 0 spiro atoms. The van der Waals surface area contributed by atoms with E-state index in [0.29, 0.717) is 24.3 Å². The summed E-state index contributed by atoms with van der Waals surface area (Å²) in [5, 5.41) is 0. The summed E-state index contributed by atoms with van der Waals surface area (Å²) in [6.07, 6.45) is 12.9. The van der Waals surface area contributed by atoms with Crippen molar-refractivity contribution in [2.24, 2.45) is 0 Å². The van der Waals surface area contributed by atoms with Crippen molar-refractivity contribution in [3.05, 3.63) is 46.5 Å². The number of rotatable bonds is 9. The maximum Gasteiger partial charge on any atom is 0.311 e. The topological polar surface area (TPSA) is 52.6 Å². The molecule has 0 atom stereocenters. The summed E-state index contributed by atoms with van der Waals surface area (Å²) in [5.41, 5.74) is 7.14. The fourth-order valence-corrected chi connectivity index (χ4v) is 5.32. The molecule has 0 amide bonds. The second-order valence-electron chi connectivity index (χ2n) is 9.72. The van der Waals surface area contributed by atoms with Gasteiger partial charge in [-0.3, -0.25) is 9.59 Å². The number of unbranched alkanes of at least 4 members (excludes halogenated alkanes) is 2. The Kier molecular flexibility index (Phi) is 37.2. The summed E-state index contributed by atoms with van der Waals surface area (Å²) in [7, 11) is 0. The van der Waals surface area contributed by atoms with Gasteiger partial charge in [-0.05, 0) is 98.6 Å². The highest BCUT2D eigenvalue weighted by Gasteiger charge is 2.27. The summed E-state index contributed by atoms with van der Waals surface area (Å²) < 4.78 is 12.0. The number of hydrogen-bond acceptors (Lipinski definition) is 4. The Hall–Kier alpha value is -2.62. The highest BCUT2D eigenvalue weighted by molar-refractivity contribution is 5.88. The van der Waals surface area contributed by atoms with Crippen molar-refractivity contribution in [3.63, 3.8) is 0 Å². The van der Waals surface area contributed by atoms with Crippen molar-refractivity contribution in [1.82, 2.24) is 0 Å². The van der Waals surface area contributed by atoms with E-state index >= 15 is 0 Å². The number of carbonyl (C=O) groups is 2. The predicted molar refractivity (Wildman–Crippen MR) is 208 cm³/mol. The summed E-state index contributed by atoms with van der Waals surface area (Å²) in [6.45, 7) is 20.2. The number of benzene rings is 2. The fraction of sp³-hybridized carbons (Fsp3) is 0.667. The molecule has 4 heteroatoms. The summed E-state index contributed by atoms with van der Waals surface area (Å²) >= 11 is 0. The van der Waals surface area contributed by atoms with Gasteiger partial charge in [-0.2, -0.15) is 0 Å². The van der Waals surface area contributed by atoms with E-state index in [4.69, 9.17) is 9.47 Å². The lowest BCUT2D eigenvalue weighted by Crippen LogP contribution is -2.15. The van der Waals surface area contributed by atoms with E-state index in [1.165, 1.54) is 35.1 Å². The molecule has 270 valence electrons. The highest BCUT2D eigenvalue weighted by atomic mass is 16.5. The van der Waals surface area contributed by atoms with Crippen LogP contribution in [-0.2, 0) is 35.3 Å². The van der Waals surface area contributed by atoms with Gasteiger partial charge in [0.25, 0.3) is 0 Å². The molecule has 2 aliphatic carbocycles. The van der Waals surface area contributed by atoms with Crippen molar-refractivity contribution < 1.29 is 19.1 Å². The van der Waals surface area contributed by atoms with E-state index in [-0.39, 0.29) is 41.6 Å². The van der Waals surface area contributed by atoms with E-state index in [1.54, 1.807) is 0 Å². The molecule has 4 rings (SSSR count). The van der Waals surface area contributed by atoms with E-state index in [9.17, 15) is 9.59 Å². The summed E-state index contributed by atoms with van der Waals surface area (Å²) in [5.74, 6) is 0.855. The monoisotopic (exact) mass is 647 g/mol. The first kappa shape index (κ1) is 52.9. The average Bonchev–Trinajstić information content (AvgIpc) is 3.06. The zero-order valence-corrected chi connectivity index (χ0v) is 28.8. The van der Waals surface area contributed by atoms with Gasteiger partial charge in [0, 0.05) is 24.0 Å². The Morgan fingerprint density at radius 3 is 1.13 bits per heavy atom. The molecular weight excluding hydrogens is 568 g/mol. The lowest BCUT2D eigenvalue weighted by Gasteiger charge is -2.27. The minimum Gasteiger partial charge on any atom is -0.426 e. The molecular formula is C42H78O4. The molecule has 0 unspecified atom stereocenters. The number of esters is 2. The minimum absolute atomic E-state index is 0. The SMILES string of the molecule is C.C.C.C.CC.CC.CC.CC.CCCCC(=O)Oc1ccc2c(c1-c1c(OC(=O)CCCC)ccc3c1CCCC3)CCCC2. The molecule has 2 aromatic carbocycles. The molecule has 0 radical (unpaired) electrons. The van der Waals surface area contributed by atoms with Crippen molar-refractivity contribution in [2.45, 2.75) is 189 Å². The lowest BCUT2D eigenvalue weighted by molar-refractivity contribution is -0.135. The van der Waals surface area contributed by atoms with Crippen molar-refractivity contribution in [3.8, 4) is 22.6 Å². The van der Waals surface area contributed by atoms with Crippen molar-refractivity contribution in [2.75, 3.05) is 0 Å². The highest BCUT2D eigenvalue weighted by Crippen LogP contribution is 2.47. The van der Waals surface area contributed by atoms with Gasteiger partial charge in [0.2, 0.25) is 0 Å². The van der Waals surface area contributed by atoms with Crippen LogP contribution in [0.5, 0.6) is 11.5 Å². The van der Waals surface area contributed by atoms with Crippen LogP contribution < -0.4 is 9.47 Å². The van der Waals surface area contributed by atoms with Crippen LogP contribution in [0.1, 0.15) is 185 Å². The molecule has 0 aromatic heterocycles. The van der Waals surface area contributed by atoms with Gasteiger partial charge in [-0.25, -0.2) is 0 Å². The normalized spacial score (nSPS) is 11.4. The number of hydrogen-bond donors (Lipinski definition) is 0. The predicted octanol–water partition coefficient (Wildman–Crippen LogP) is 14.0. The first-order chi connectivity index (χ1) is 20.6. The fourth-order valence-electron chi connectivity index (χ4n) is 5.32. The minimum atomic E-state index is -0.190. The van der Waals surface area contributed by atoms with E-state index in [0.717, 1.165) is 75.3 Å². The molecule has 0 heterocycles. The first-order valence-corrected chi connectivity index (χ1v) is 17.3. The Morgan fingerprint density at radius 2 is 0.826 bits per heavy atom. The van der Waals surface area contributed by atoms with Gasteiger partial charge in [-0.15, -0.1) is 0 Å². The van der Waals surface area contributed by atoms with E-state index < -0.39 is 0 Å². The Morgan fingerprint density at radius 1 is 0.522 bits per heavy atom. The lowest BCUT2D eigenvalue weighted by atomic mass is 9.80. The van der Waals surface area contributed by atoms with Crippen LogP contribution in [0.2, 0.25) is 0 Å². The Labute approximate surface area is 288 Å². The summed E-state index contributed by atoms with van der Waals surface area (Å²) in [6, 6.07) is 8.19. The molecule has 0 fully saturated rings. The van der Waals surface area contributed by atoms with Gasteiger partial charge in [0.05, 0.1) is 0 Å². The number of ether oxygens (including phenoxy) is 2. The van der Waals surface area contributed by atoms with Crippen LogP contribution in [-0.4, -0.2) is 11.9 Å². The quantitative estimate of drug-likeness (QED) is 0.201. The van der Waals surface area contributed by atoms with Crippen LogP contribution in [0.25, 0.3) is 11.1 Å². The van der Waals surface area contributed by atoms with Gasteiger partial charge < -0.3 is 9.47 Å². The Bertz CT molecular complexity index is 955. The van der Waals surface area contributed by atoms with Crippen molar-refractivity contribution >= 4 is 11.9 Å².